The van der Waals surface area contributed by atoms with Crippen molar-refractivity contribution in [3.63, 3.8) is 0 Å². The fourth-order valence-corrected chi connectivity index (χ4v) is 4.29. The van der Waals surface area contributed by atoms with Crippen LogP contribution in [0.25, 0.3) is 0 Å². The molecule has 3 heterocycles. The first-order valence-electron chi connectivity index (χ1n) is 8.51. The molecule has 1 aromatic carbocycles. The van der Waals surface area contributed by atoms with Gasteiger partial charge in [0.2, 0.25) is 0 Å². The first-order chi connectivity index (χ1) is 11.8. The summed E-state index contributed by atoms with van der Waals surface area (Å²) in [5.41, 5.74) is 3.48. The van der Waals surface area contributed by atoms with Gasteiger partial charge in [0.25, 0.3) is 5.91 Å². The van der Waals surface area contributed by atoms with Gasteiger partial charge in [0.05, 0.1) is 18.8 Å². The number of rotatable bonds is 4. The van der Waals surface area contributed by atoms with Gasteiger partial charge in [-0.05, 0) is 47.3 Å². The Morgan fingerprint density at radius 3 is 2.88 bits per heavy atom. The first-order valence-corrected chi connectivity index (χ1v) is 9.45. The Kier molecular flexibility index (Phi) is 4.45. The van der Waals surface area contributed by atoms with Crippen LogP contribution in [0, 0.1) is 0 Å². The molecule has 4 nitrogen and oxygen atoms in total. The standard InChI is InChI=1S/C19H21N3OS/c23-19(13-21-10-4-7-18(21)16-9-12-24-14-16)22-11-8-17(20-22)15-5-2-1-3-6-15/h1-3,5-6,9,12,14,18H,4,7-8,10-11,13H2. The van der Waals surface area contributed by atoms with Gasteiger partial charge in [-0.1, -0.05) is 30.3 Å². The van der Waals surface area contributed by atoms with Crippen LogP contribution >= 0.6 is 11.3 Å². The molecule has 0 spiro atoms. The number of amides is 1. The van der Waals surface area contributed by atoms with E-state index in [1.165, 1.54) is 5.56 Å². The highest BCUT2D eigenvalue weighted by Gasteiger charge is 2.30. The number of hydrazone groups is 1. The summed E-state index contributed by atoms with van der Waals surface area (Å²) in [7, 11) is 0. The van der Waals surface area contributed by atoms with Crippen LogP contribution in [0.15, 0.2) is 52.3 Å². The van der Waals surface area contributed by atoms with Crippen molar-refractivity contribution in [2.24, 2.45) is 5.10 Å². The Labute approximate surface area is 146 Å². The molecular formula is C19H21N3OS. The topological polar surface area (TPSA) is 35.9 Å². The molecule has 124 valence electrons. The van der Waals surface area contributed by atoms with Crippen molar-refractivity contribution < 1.29 is 4.79 Å². The molecule has 0 radical (unpaired) electrons. The van der Waals surface area contributed by atoms with Gasteiger partial charge in [0.1, 0.15) is 0 Å². The quantitative estimate of drug-likeness (QED) is 0.854. The highest BCUT2D eigenvalue weighted by Crippen LogP contribution is 2.32. The second-order valence-electron chi connectivity index (χ2n) is 6.36. The minimum absolute atomic E-state index is 0.114. The first kappa shape index (κ1) is 15.5. The van der Waals surface area contributed by atoms with E-state index in [1.807, 2.05) is 18.2 Å². The molecule has 0 N–H and O–H groups in total. The molecule has 1 unspecified atom stereocenters. The van der Waals surface area contributed by atoms with Crippen LogP contribution in [0.2, 0.25) is 0 Å². The zero-order chi connectivity index (χ0) is 16.4. The fourth-order valence-electron chi connectivity index (χ4n) is 3.58. The van der Waals surface area contributed by atoms with Gasteiger partial charge in [-0.3, -0.25) is 9.69 Å². The third kappa shape index (κ3) is 3.14. The molecule has 1 fully saturated rings. The molecule has 0 saturated carbocycles. The highest BCUT2D eigenvalue weighted by molar-refractivity contribution is 7.07. The van der Waals surface area contributed by atoms with E-state index in [-0.39, 0.29) is 5.91 Å². The molecule has 2 aliphatic heterocycles. The molecule has 1 aromatic heterocycles. The molecule has 5 heteroatoms. The normalized spacial score (nSPS) is 21.2. The predicted molar refractivity (Wildman–Crippen MR) is 97.2 cm³/mol. The second-order valence-corrected chi connectivity index (χ2v) is 7.14. The summed E-state index contributed by atoms with van der Waals surface area (Å²) >= 11 is 1.73. The zero-order valence-corrected chi connectivity index (χ0v) is 14.4. The maximum absolute atomic E-state index is 12.7. The van der Waals surface area contributed by atoms with Crippen molar-refractivity contribution in [2.45, 2.75) is 25.3 Å². The van der Waals surface area contributed by atoms with Gasteiger partial charge in [0, 0.05) is 12.5 Å². The zero-order valence-electron chi connectivity index (χ0n) is 13.6. The number of nitrogens with zero attached hydrogens (tertiary/aromatic N) is 3. The minimum Gasteiger partial charge on any atom is -0.287 e. The Balaban J connectivity index is 1.42. The number of carbonyl (C=O) groups is 1. The summed E-state index contributed by atoms with van der Waals surface area (Å²) in [5.74, 6) is 0.114. The molecule has 24 heavy (non-hydrogen) atoms. The lowest BCUT2D eigenvalue weighted by Crippen LogP contribution is -2.36. The average Bonchev–Trinajstić information content (AvgIpc) is 3.36. The molecule has 1 saturated heterocycles. The van der Waals surface area contributed by atoms with Crippen molar-refractivity contribution in [2.75, 3.05) is 19.6 Å². The van der Waals surface area contributed by atoms with Crippen LogP contribution in [0.4, 0.5) is 0 Å². The Hall–Kier alpha value is -1.98. The SMILES string of the molecule is O=C(CN1CCCC1c1ccsc1)N1CCC(c2ccccc2)=N1. The van der Waals surface area contributed by atoms with Crippen molar-refractivity contribution >= 4 is 23.0 Å². The van der Waals surface area contributed by atoms with Gasteiger partial charge in [-0.15, -0.1) is 0 Å². The van der Waals surface area contributed by atoms with Crippen LogP contribution < -0.4 is 0 Å². The Bertz CT molecular complexity index is 726. The summed E-state index contributed by atoms with van der Waals surface area (Å²) in [6, 6.07) is 12.7. The van der Waals surface area contributed by atoms with E-state index < -0.39 is 0 Å². The molecule has 4 rings (SSSR count). The number of thiophene rings is 1. The van der Waals surface area contributed by atoms with E-state index in [0.29, 0.717) is 19.1 Å². The van der Waals surface area contributed by atoms with Gasteiger partial charge in [-0.2, -0.15) is 16.4 Å². The van der Waals surface area contributed by atoms with E-state index >= 15 is 0 Å². The maximum Gasteiger partial charge on any atom is 0.256 e. The van der Waals surface area contributed by atoms with Gasteiger partial charge in [-0.25, -0.2) is 5.01 Å². The van der Waals surface area contributed by atoms with Crippen molar-refractivity contribution in [3.05, 3.63) is 58.3 Å². The minimum atomic E-state index is 0.114. The lowest BCUT2D eigenvalue weighted by atomic mass is 10.1. The molecule has 0 aliphatic carbocycles. The number of hydrogen-bond donors (Lipinski definition) is 0. The molecule has 0 bridgehead atoms. The number of likely N-dealkylation sites (tertiary alicyclic amines) is 1. The third-order valence-electron chi connectivity index (χ3n) is 4.83. The van der Waals surface area contributed by atoms with Crippen molar-refractivity contribution in [1.29, 1.82) is 0 Å². The van der Waals surface area contributed by atoms with E-state index in [1.54, 1.807) is 16.3 Å². The van der Waals surface area contributed by atoms with Gasteiger partial charge >= 0.3 is 0 Å². The Morgan fingerprint density at radius 2 is 2.08 bits per heavy atom. The average molecular weight is 339 g/mol. The number of benzene rings is 1. The van der Waals surface area contributed by atoms with E-state index in [0.717, 1.165) is 37.1 Å². The summed E-state index contributed by atoms with van der Waals surface area (Å²) < 4.78 is 0. The summed E-state index contributed by atoms with van der Waals surface area (Å²) in [6.45, 7) is 2.15. The van der Waals surface area contributed by atoms with Crippen molar-refractivity contribution in [1.82, 2.24) is 9.91 Å². The fraction of sp³-hybridized carbons (Fsp3) is 0.368. The lowest BCUT2D eigenvalue weighted by Gasteiger charge is -2.24. The number of carbonyl (C=O) groups excluding carboxylic acids is 1. The largest absolute Gasteiger partial charge is 0.287 e. The van der Waals surface area contributed by atoms with Crippen LogP contribution in [0.3, 0.4) is 0 Å². The van der Waals surface area contributed by atoms with Crippen LogP contribution in [-0.2, 0) is 4.79 Å². The lowest BCUT2D eigenvalue weighted by molar-refractivity contribution is -0.132. The molecule has 1 atom stereocenters. The van der Waals surface area contributed by atoms with Crippen molar-refractivity contribution in [3.8, 4) is 0 Å². The van der Waals surface area contributed by atoms with Gasteiger partial charge < -0.3 is 0 Å². The van der Waals surface area contributed by atoms with E-state index in [2.05, 4.69) is 39.0 Å². The van der Waals surface area contributed by atoms with Crippen LogP contribution in [0.5, 0.6) is 0 Å². The highest BCUT2D eigenvalue weighted by atomic mass is 32.1. The van der Waals surface area contributed by atoms with Crippen LogP contribution in [-0.4, -0.2) is 41.2 Å². The second kappa shape index (κ2) is 6.87. The smallest absolute Gasteiger partial charge is 0.256 e. The number of hydrogen-bond acceptors (Lipinski definition) is 4. The summed E-state index contributed by atoms with van der Waals surface area (Å²) in [6.07, 6.45) is 3.14. The summed E-state index contributed by atoms with van der Waals surface area (Å²) in [5, 5.41) is 10.5. The third-order valence-corrected chi connectivity index (χ3v) is 5.53. The maximum atomic E-state index is 12.7. The summed E-state index contributed by atoms with van der Waals surface area (Å²) in [4.78, 5) is 15.0. The molecular weight excluding hydrogens is 318 g/mol. The monoisotopic (exact) mass is 339 g/mol. The Morgan fingerprint density at radius 1 is 1.21 bits per heavy atom. The molecule has 1 amide bonds. The predicted octanol–water partition coefficient (Wildman–Crippen LogP) is 3.52. The van der Waals surface area contributed by atoms with Crippen LogP contribution in [0.1, 0.15) is 36.4 Å². The van der Waals surface area contributed by atoms with E-state index in [9.17, 15) is 4.79 Å². The molecule has 2 aliphatic rings. The molecule has 2 aromatic rings. The van der Waals surface area contributed by atoms with Gasteiger partial charge in [0.15, 0.2) is 0 Å². The van der Waals surface area contributed by atoms with E-state index in [4.69, 9.17) is 0 Å².